The Morgan fingerprint density at radius 3 is 2.89 bits per heavy atom. The summed E-state index contributed by atoms with van der Waals surface area (Å²) in [5.41, 5.74) is 7.01. The molecule has 0 aliphatic carbocycles. The normalized spacial score (nSPS) is 24.2. The molecule has 0 radical (unpaired) electrons. The van der Waals surface area contributed by atoms with Crippen molar-refractivity contribution < 1.29 is 4.79 Å². The smallest absolute Gasteiger partial charge is 0.251 e. The predicted molar refractivity (Wildman–Crippen MR) is 81.1 cm³/mol. The van der Waals surface area contributed by atoms with E-state index in [-0.39, 0.29) is 11.9 Å². The molecule has 1 aliphatic heterocycles. The van der Waals surface area contributed by atoms with E-state index < -0.39 is 0 Å². The molecule has 0 spiro atoms. The third kappa shape index (κ3) is 3.48. The molecule has 1 fully saturated rings. The lowest BCUT2D eigenvalue weighted by atomic mass is 9.94. The van der Waals surface area contributed by atoms with Gasteiger partial charge in [0.25, 0.3) is 5.91 Å². The van der Waals surface area contributed by atoms with E-state index in [2.05, 4.69) is 40.1 Å². The molecule has 1 saturated heterocycles. The van der Waals surface area contributed by atoms with Crippen LogP contribution in [-0.2, 0) is 0 Å². The first-order valence-electron chi connectivity index (χ1n) is 6.52. The molecule has 3 N–H and O–H groups in total. The minimum Gasteiger partial charge on any atom is -0.398 e. The van der Waals surface area contributed by atoms with E-state index in [4.69, 9.17) is 5.73 Å². The number of nitrogens with zero attached hydrogens (tertiary/aromatic N) is 1. The van der Waals surface area contributed by atoms with Gasteiger partial charge in [-0.1, -0.05) is 6.92 Å². The molecule has 0 bridgehead atoms. The van der Waals surface area contributed by atoms with Crippen molar-refractivity contribution in [2.45, 2.75) is 19.4 Å². The molecule has 1 amide bonds. The molecule has 1 aromatic carbocycles. The summed E-state index contributed by atoms with van der Waals surface area (Å²) in [6.45, 7) is 4.22. The number of halogens is 1. The lowest BCUT2D eigenvalue weighted by Crippen LogP contribution is -2.48. The Morgan fingerprint density at radius 1 is 1.53 bits per heavy atom. The molecule has 2 rings (SSSR count). The summed E-state index contributed by atoms with van der Waals surface area (Å²) in [6, 6.07) is 5.55. The number of hydrogen-bond donors (Lipinski definition) is 2. The number of nitrogen functional groups attached to an aromatic ring is 1. The van der Waals surface area contributed by atoms with Gasteiger partial charge in [-0.05, 0) is 60.1 Å². The third-order valence-electron chi connectivity index (χ3n) is 3.68. The fourth-order valence-electron chi connectivity index (χ4n) is 2.51. The molecule has 4 nitrogen and oxygen atoms in total. The maximum atomic E-state index is 12.2. The van der Waals surface area contributed by atoms with Crippen molar-refractivity contribution in [2.75, 3.05) is 25.9 Å². The van der Waals surface area contributed by atoms with E-state index in [9.17, 15) is 4.79 Å². The van der Waals surface area contributed by atoms with Crippen LogP contribution in [0.4, 0.5) is 5.69 Å². The number of amides is 1. The van der Waals surface area contributed by atoms with Gasteiger partial charge >= 0.3 is 0 Å². The lowest BCUT2D eigenvalue weighted by molar-refractivity contribution is 0.0884. The molecule has 1 heterocycles. The minimum absolute atomic E-state index is 0.0411. The van der Waals surface area contributed by atoms with Gasteiger partial charge in [-0.15, -0.1) is 0 Å². The fraction of sp³-hybridized carbons (Fsp3) is 0.500. The van der Waals surface area contributed by atoms with Crippen LogP contribution in [0.15, 0.2) is 22.7 Å². The Bertz CT molecular complexity index is 478. The summed E-state index contributed by atoms with van der Waals surface area (Å²) in [6.07, 6.45) is 0.995. The van der Waals surface area contributed by atoms with Gasteiger partial charge < -0.3 is 16.0 Å². The highest BCUT2D eigenvalue weighted by atomic mass is 79.9. The van der Waals surface area contributed by atoms with Gasteiger partial charge in [0.15, 0.2) is 0 Å². The summed E-state index contributed by atoms with van der Waals surface area (Å²) in [7, 11) is 2.12. The van der Waals surface area contributed by atoms with E-state index in [0.29, 0.717) is 17.2 Å². The van der Waals surface area contributed by atoms with E-state index in [1.54, 1.807) is 12.1 Å². The second kappa shape index (κ2) is 5.92. The minimum atomic E-state index is -0.0411. The summed E-state index contributed by atoms with van der Waals surface area (Å²) in [4.78, 5) is 14.5. The first-order chi connectivity index (χ1) is 8.97. The number of hydrogen-bond acceptors (Lipinski definition) is 3. The van der Waals surface area contributed by atoms with Gasteiger partial charge in [0.1, 0.15) is 0 Å². The van der Waals surface area contributed by atoms with E-state index in [0.717, 1.165) is 24.0 Å². The topological polar surface area (TPSA) is 58.4 Å². The molecule has 1 aromatic rings. The Hall–Kier alpha value is -1.07. The molecule has 104 valence electrons. The van der Waals surface area contributed by atoms with Crippen LogP contribution >= 0.6 is 15.9 Å². The molecule has 0 aromatic heterocycles. The maximum Gasteiger partial charge on any atom is 0.251 e. The molecule has 19 heavy (non-hydrogen) atoms. The zero-order valence-corrected chi connectivity index (χ0v) is 12.9. The van der Waals surface area contributed by atoms with Crippen molar-refractivity contribution in [2.24, 2.45) is 5.92 Å². The highest BCUT2D eigenvalue weighted by Gasteiger charge is 2.25. The molecule has 2 unspecified atom stereocenters. The number of likely N-dealkylation sites (tertiary alicyclic amines) is 1. The van der Waals surface area contributed by atoms with Crippen LogP contribution in [0.1, 0.15) is 23.7 Å². The second-order valence-corrected chi connectivity index (χ2v) is 6.20. The quantitative estimate of drug-likeness (QED) is 0.819. The predicted octanol–water partition coefficient (Wildman–Crippen LogP) is 2.10. The highest BCUT2D eigenvalue weighted by Crippen LogP contribution is 2.21. The molecular weight excluding hydrogens is 306 g/mol. The summed E-state index contributed by atoms with van der Waals surface area (Å²) < 4.78 is 0.816. The zero-order chi connectivity index (χ0) is 14.0. The van der Waals surface area contributed by atoms with Gasteiger partial charge in [-0.3, -0.25) is 4.79 Å². The van der Waals surface area contributed by atoms with Crippen LogP contribution < -0.4 is 11.1 Å². The standard InChI is InChI=1S/C14H20BrN3O/c1-9-8-18(2)6-5-13(9)17-14(19)10-3-4-11(15)12(16)7-10/h3-4,7,9,13H,5-6,8,16H2,1-2H3,(H,17,19). The highest BCUT2D eigenvalue weighted by molar-refractivity contribution is 9.10. The van der Waals surface area contributed by atoms with Gasteiger partial charge in [0, 0.05) is 28.3 Å². The Morgan fingerprint density at radius 2 is 2.26 bits per heavy atom. The molecular formula is C14H20BrN3O. The number of rotatable bonds is 2. The monoisotopic (exact) mass is 325 g/mol. The van der Waals surface area contributed by atoms with E-state index in [1.165, 1.54) is 0 Å². The first kappa shape index (κ1) is 14.3. The van der Waals surface area contributed by atoms with E-state index >= 15 is 0 Å². The summed E-state index contributed by atoms with van der Waals surface area (Å²) in [5.74, 6) is 0.427. The van der Waals surface area contributed by atoms with Crippen LogP contribution in [0.25, 0.3) is 0 Å². The van der Waals surface area contributed by atoms with Crippen molar-refractivity contribution in [3.05, 3.63) is 28.2 Å². The van der Waals surface area contributed by atoms with Crippen molar-refractivity contribution in [3.8, 4) is 0 Å². The SMILES string of the molecule is CC1CN(C)CCC1NC(=O)c1ccc(Br)c(N)c1. The van der Waals surface area contributed by atoms with Crippen molar-refractivity contribution in [3.63, 3.8) is 0 Å². The number of carbonyl (C=O) groups is 1. The van der Waals surface area contributed by atoms with Crippen LogP contribution in [0.2, 0.25) is 0 Å². The van der Waals surface area contributed by atoms with E-state index in [1.807, 2.05) is 6.07 Å². The number of piperidine rings is 1. The molecule has 0 saturated carbocycles. The van der Waals surface area contributed by atoms with Gasteiger partial charge in [0.2, 0.25) is 0 Å². The van der Waals surface area contributed by atoms with Crippen LogP contribution in [0, 0.1) is 5.92 Å². The molecule has 2 atom stereocenters. The van der Waals surface area contributed by atoms with Crippen molar-refractivity contribution >= 4 is 27.5 Å². The van der Waals surface area contributed by atoms with Crippen molar-refractivity contribution in [1.29, 1.82) is 0 Å². The van der Waals surface area contributed by atoms with Crippen LogP contribution in [0.3, 0.4) is 0 Å². The Balaban J connectivity index is 2.02. The summed E-state index contributed by atoms with van der Waals surface area (Å²) in [5, 5.41) is 3.12. The van der Waals surface area contributed by atoms with Crippen LogP contribution in [0.5, 0.6) is 0 Å². The Labute approximate surface area is 122 Å². The van der Waals surface area contributed by atoms with Crippen LogP contribution in [-0.4, -0.2) is 37.0 Å². The average Bonchev–Trinajstić information content (AvgIpc) is 2.36. The second-order valence-electron chi connectivity index (χ2n) is 5.34. The average molecular weight is 326 g/mol. The number of nitrogens with two attached hydrogens (primary N) is 1. The maximum absolute atomic E-state index is 12.2. The number of benzene rings is 1. The fourth-order valence-corrected chi connectivity index (χ4v) is 2.75. The van der Waals surface area contributed by atoms with Gasteiger partial charge in [-0.2, -0.15) is 0 Å². The zero-order valence-electron chi connectivity index (χ0n) is 11.3. The van der Waals surface area contributed by atoms with Gasteiger partial charge in [0.05, 0.1) is 0 Å². The lowest BCUT2D eigenvalue weighted by Gasteiger charge is -2.35. The summed E-state index contributed by atoms with van der Waals surface area (Å²) >= 11 is 3.33. The third-order valence-corrected chi connectivity index (χ3v) is 4.41. The Kier molecular flexibility index (Phi) is 4.47. The number of anilines is 1. The van der Waals surface area contributed by atoms with Gasteiger partial charge in [-0.25, -0.2) is 0 Å². The van der Waals surface area contributed by atoms with Crippen molar-refractivity contribution in [1.82, 2.24) is 10.2 Å². The first-order valence-corrected chi connectivity index (χ1v) is 7.31. The largest absolute Gasteiger partial charge is 0.398 e. The number of carbonyl (C=O) groups excluding carboxylic acids is 1. The molecule has 5 heteroatoms. The molecule has 1 aliphatic rings. The number of nitrogens with one attached hydrogen (secondary N) is 1.